The molecule has 0 fully saturated rings. The monoisotopic (exact) mass is 383 g/mol. The lowest BCUT2D eigenvalue weighted by molar-refractivity contribution is -0.115. The highest BCUT2D eigenvalue weighted by Crippen LogP contribution is 2.32. The van der Waals surface area contributed by atoms with Crippen molar-refractivity contribution in [2.24, 2.45) is 0 Å². The maximum absolute atomic E-state index is 12.3. The highest BCUT2D eigenvalue weighted by atomic mass is 32.1. The molecule has 0 saturated heterocycles. The van der Waals surface area contributed by atoms with Crippen molar-refractivity contribution < 1.29 is 9.53 Å². The smallest absolute Gasteiger partial charge is 0.231 e. The van der Waals surface area contributed by atoms with Crippen LogP contribution in [0.1, 0.15) is 11.3 Å². The number of aromatic nitrogens is 3. The summed E-state index contributed by atoms with van der Waals surface area (Å²) in [4.78, 5) is 28.4. The van der Waals surface area contributed by atoms with Gasteiger partial charge in [0, 0.05) is 20.3 Å². The first-order chi connectivity index (χ1) is 13.0. The minimum atomic E-state index is -0.174. The predicted molar refractivity (Wildman–Crippen MR) is 108 cm³/mol. The molecule has 2 aromatic heterocycles. The molecule has 1 N–H and O–H groups in total. The number of ether oxygens (including phenoxy) is 1. The van der Waals surface area contributed by atoms with Crippen LogP contribution in [-0.2, 0) is 11.2 Å². The van der Waals surface area contributed by atoms with Gasteiger partial charge in [-0.15, -0.1) is 0 Å². The van der Waals surface area contributed by atoms with Crippen molar-refractivity contribution in [1.82, 2.24) is 15.0 Å². The van der Waals surface area contributed by atoms with Crippen LogP contribution in [0, 0.1) is 6.92 Å². The normalized spacial score (nSPS) is 10.5. The molecule has 0 atom stereocenters. The summed E-state index contributed by atoms with van der Waals surface area (Å²) >= 11 is 1.55. The fraction of sp³-hybridized carbons (Fsp3) is 0.263. The summed E-state index contributed by atoms with van der Waals surface area (Å²) in [6.45, 7) is 1.95. The van der Waals surface area contributed by atoms with Gasteiger partial charge in [0.05, 0.1) is 29.8 Å². The summed E-state index contributed by atoms with van der Waals surface area (Å²) in [7, 11) is 5.51. The second-order valence-electron chi connectivity index (χ2n) is 6.14. The Morgan fingerprint density at radius 3 is 2.56 bits per heavy atom. The molecule has 1 amide bonds. The van der Waals surface area contributed by atoms with Gasteiger partial charge in [-0.3, -0.25) is 10.1 Å². The van der Waals surface area contributed by atoms with Crippen LogP contribution >= 0.6 is 11.3 Å². The lowest BCUT2D eigenvalue weighted by atomic mass is 10.1. The van der Waals surface area contributed by atoms with Crippen molar-refractivity contribution >= 4 is 28.3 Å². The first-order valence-electron chi connectivity index (χ1n) is 8.37. The first kappa shape index (κ1) is 18.8. The van der Waals surface area contributed by atoms with E-state index in [1.165, 1.54) is 0 Å². The van der Waals surface area contributed by atoms with Crippen molar-refractivity contribution in [1.29, 1.82) is 0 Å². The number of carbonyl (C=O) groups excluding carboxylic acids is 1. The zero-order chi connectivity index (χ0) is 19.4. The van der Waals surface area contributed by atoms with E-state index in [4.69, 9.17) is 4.74 Å². The summed E-state index contributed by atoms with van der Waals surface area (Å²) in [5.74, 6) is 0.866. The Labute approximate surface area is 162 Å². The summed E-state index contributed by atoms with van der Waals surface area (Å²) < 4.78 is 5.12. The number of rotatable bonds is 6. The number of anilines is 2. The molecule has 0 aliphatic carbocycles. The lowest BCUT2D eigenvalue weighted by Gasteiger charge is -2.06. The number of benzene rings is 1. The van der Waals surface area contributed by atoms with Crippen LogP contribution < -0.4 is 15.0 Å². The molecule has 3 rings (SSSR count). The van der Waals surface area contributed by atoms with E-state index >= 15 is 0 Å². The molecule has 0 spiro atoms. The SMILES string of the molecule is COc1ccc(CC(=O)Nc2nccc(-c3sc(N(C)C)nc3C)n2)cc1. The van der Waals surface area contributed by atoms with Crippen LogP contribution in [0.2, 0.25) is 0 Å². The quantitative estimate of drug-likeness (QED) is 0.704. The van der Waals surface area contributed by atoms with Crippen molar-refractivity contribution in [3.8, 4) is 16.3 Å². The maximum Gasteiger partial charge on any atom is 0.231 e. The Hall–Kier alpha value is -3.00. The molecule has 0 unspecified atom stereocenters. The number of hydrogen-bond acceptors (Lipinski definition) is 7. The fourth-order valence-corrected chi connectivity index (χ4v) is 3.41. The third-order valence-corrected chi connectivity index (χ3v) is 5.18. The van der Waals surface area contributed by atoms with Crippen molar-refractivity contribution in [3.05, 3.63) is 47.8 Å². The standard InChI is InChI=1S/C19H21N5O2S/c1-12-17(27-19(21-12)24(2)3)15-9-10-20-18(22-15)23-16(25)11-13-5-7-14(26-4)8-6-13/h5-10H,11H2,1-4H3,(H,20,22,23,25). The van der Waals surface area contributed by atoms with Gasteiger partial charge in [0.1, 0.15) is 5.75 Å². The van der Waals surface area contributed by atoms with Crippen molar-refractivity contribution in [3.63, 3.8) is 0 Å². The third kappa shape index (κ3) is 4.59. The van der Waals surface area contributed by atoms with E-state index in [1.807, 2.05) is 56.3 Å². The van der Waals surface area contributed by atoms with E-state index in [9.17, 15) is 4.79 Å². The van der Waals surface area contributed by atoms with E-state index in [2.05, 4.69) is 20.3 Å². The number of amides is 1. The Morgan fingerprint density at radius 1 is 1.19 bits per heavy atom. The summed E-state index contributed by atoms with van der Waals surface area (Å²) in [5.41, 5.74) is 2.53. The fourth-order valence-electron chi connectivity index (χ4n) is 2.45. The molecule has 140 valence electrons. The average molecular weight is 383 g/mol. The number of nitrogens with one attached hydrogen (secondary N) is 1. The van der Waals surface area contributed by atoms with Crippen LogP contribution in [0.3, 0.4) is 0 Å². The lowest BCUT2D eigenvalue weighted by Crippen LogP contribution is -2.16. The van der Waals surface area contributed by atoms with E-state index in [0.29, 0.717) is 0 Å². The molecule has 27 heavy (non-hydrogen) atoms. The minimum absolute atomic E-state index is 0.174. The molecule has 8 heteroatoms. The molecule has 0 aliphatic heterocycles. The minimum Gasteiger partial charge on any atom is -0.497 e. The molecule has 3 aromatic rings. The molecule has 1 aromatic carbocycles. The molecule has 0 bridgehead atoms. The molecule has 2 heterocycles. The zero-order valence-electron chi connectivity index (χ0n) is 15.7. The van der Waals surface area contributed by atoms with Gasteiger partial charge in [0.15, 0.2) is 5.13 Å². The summed E-state index contributed by atoms with van der Waals surface area (Å²) in [6, 6.07) is 9.20. The van der Waals surface area contributed by atoms with E-state index < -0.39 is 0 Å². The van der Waals surface area contributed by atoms with Gasteiger partial charge in [0.2, 0.25) is 11.9 Å². The molecular formula is C19H21N5O2S. The maximum atomic E-state index is 12.3. The number of methoxy groups -OCH3 is 1. The number of thiazole rings is 1. The van der Waals surface area contributed by atoms with Crippen LogP contribution in [0.5, 0.6) is 5.75 Å². The molecule has 0 saturated carbocycles. The topological polar surface area (TPSA) is 80.2 Å². The van der Waals surface area contributed by atoms with Crippen LogP contribution in [0.25, 0.3) is 10.6 Å². The largest absolute Gasteiger partial charge is 0.497 e. The van der Waals surface area contributed by atoms with Gasteiger partial charge in [-0.2, -0.15) is 0 Å². The van der Waals surface area contributed by atoms with Crippen molar-refractivity contribution in [2.45, 2.75) is 13.3 Å². The number of hydrogen-bond donors (Lipinski definition) is 1. The number of aryl methyl sites for hydroxylation is 1. The van der Waals surface area contributed by atoms with E-state index in [-0.39, 0.29) is 18.3 Å². The molecule has 7 nitrogen and oxygen atoms in total. The molecule has 0 radical (unpaired) electrons. The second-order valence-corrected chi connectivity index (χ2v) is 7.12. The number of nitrogens with zero attached hydrogens (tertiary/aromatic N) is 4. The van der Waals surface area contributed by atoms with Gasteiger partial charge in [0.25, 0.3) is 0 Å². The van der Waals surface area contributed by atoms with Crippen LogP contribution in [-0.4, -0.2) is 42.1 Å². The Bertz CT molecular complexity index is 938. The highest BCUT2D eigenvalue weighted by Gasteiger charge is 2.14. The van der Waals surface area contributed by atoms with Gasteiger partial charge >= 0.3 is 0 Å². The van der Waals surface area contributed by atoms with Crippen molar-refractivity contribution in [2.75, 3.05) is 31.4 Å². The summed E-state index contributed by atoms with van der Waals surface area (Å²) in [5, 5.41) is 3.67. The van der Waals surface area contributed by atoms with Crippen LogP contribution in [0.4, 0.5) is 11.1 Å². The number of carbonyl (C=O) groups is 1. The van der Waals surface area contributed by atoms with E-state index in [0.717, 1.165) is 32.7 Å². The van der Waals surface area contributed by atoms with E-state index in [1.54, 1.807) is 24.6 Å². The van der Waals surface area contributed by atoms with Gasteiger partial charge in [-0.25, -0.2) is 15.0 Å². The van der Waals surface area contributed by atoms with Gasteiger partial charge < -0.3 is 9.64 Å². The Balaban J connectivity index is 1.72. The third-order valence-electron chi connectivity index (χ3n) is 3.83. The highest BCUT2D eigenvalue weighted by molar-refractivity contribution is 7.19. The first-order valence-corrected chi connectivity index (χ1v) is 9.19. The average Bonchev–Trinajstić information content (AvgIpc) is 3.04. The predicted octanol–water partition coefficient (Wildman–Crippen LogP) is 3.16. The second kappa shape index (κ2) is 8.13. The zero-order valence-corrected chi connectivity index (χ0v) is 16.5. The van der Waals surface area contributed by atoms with Gasteiger partial charge in [-0.1, -0.05) is 23.5 Å². The Kier molecular flexibility index (Phi) is 5.66. The van der Waals surface area contributed by atoms with Gasteiger partial charge in [-0.05, 0) is 30.7 Å². The van der Waals surface area contributed by atoms with Crippen LogP contribution in [0.15, 0.2) is 36.5 Å². The Morgan fingerprint density at radius 2 is 1.93 bits per heavy atom. The molecular weight excluding hydrogens is 362 g/mol. The molecule has 0 aliphatic rings. The summed E-state index contributed by atoms with van der Waals surface area (Å²) in [6.07, 6.45) is 1.88.